The molecule has 0 rings (SSSR count). The van der Waals surface area contributed by atoms with Gasteiger partial charge >= 0.3 is 11.9 Å². The molecule has 4 atom stereocenters. The van der Waals surface area contributed by atoms with Crippen LogP contribution < -0.4 is 33.2 Å². The molecule has 0 aliphatic heterocycles. The Morgan fingerprint density at radius 3 is 1.86 bits per heavy atom. The van der Waals surface area contributed by atoms with Crippen molar-refractivity contribution in [1.29, 1.82) is 0 Å². The van der Waals surface area contributed by atoms with Gasteiger partial charge in [0, 0.05) is 6.42 Å². The fourth-order valence-electron chi connectivity index (χ4n) is 2.91. The molecule has 200 valence electrons. The molecular formula is C20H36N6O8S. The van der Waals surface area contributed by atoms with Crippen LogP contribution in [0.5, 0.6) is 0 Å². The summed E-state index contributed by atoms with van der Waals surface area (Å²) < 4.78 is 0. The van der Waals surface area contributed by atoms with E-state index in [9.17, 15) is 33.9 Å². The molecule has 0 aliphatic rings. The average molecular weight is 521 g/mol. The first-order chi connectivity index (χ1) is 16.4. The van der Waals surface area contributed by atoms with E-state index in [2.05, 4.69) is 16.0 Å². The second kappa shape index (κ2) is 17.5. The van der Waals surface area contributed by atoms with Gasteiger partial charge in [-0.15, -0.1) is 0 Å². The molecule has 0 spiro atoms. The molecule has 0 aliphatic carbocycles. The van der Waals surface area contributed by atoms with Gasteiger partial charge in [-0.1, -0.05) is 6.42 Å². The summed E-state index contributed by atoms with van der Waals surface area (Å²) in [6.07, 6.45) is 2.09. The van der Waals surface area contributed by atoms with Crippen LogP contribution in [-0.2, 0) is 28.8 Å². The van der Waals surface area contributed by atoms with Crippen LogP contribution in [0.2, 0.25) is 0 Å². The summed E-state index contributed by atoms with van der Waals surface area (Å²) in [5, 5.41) is 25.2. The Bertz CT molecular complexity index is 753. The fraction of sp³-hybridized carbons (Fsp3) is 0.700. The Labute approximate surface area is 207 Å². The molecule has 0 saturated heterocycles. The number of thioether (sulfide) groups is 1. The number of amides is 4. The molecule has 11 N–H and O–H groups in total. The summed E-state index contributed by atoms with van der Waals surface area (Å²) in [7, 11) is 0. The first-order valence-corrected chi connectivity index (χ1v) is 12.4. The number of hydrogen-bond acceptors (Lipinski definition) is 9. The van der Waals surface area contributed by atoms with Crippen LogP contribution in [0.25, 0.3) is 0 Å². The molecule has 15 heteroatoms. The van der Waals surface area contributed by atoms with Gasteiger partial charge in [-0.05, 0) is 44.2 Å². The van der Waals surface area contributed by atoms with Gasteiger partial charge in [0.15, 0.2) is 0 Å². The number of hydrogen-bond donors (Lipinski definition) is 8. The van der Waals surface area contributed by atoms with Crippen LogP contribution >= 0.6 is 11.8 Å². The van der Waals surface area contributed by atoms with Crippen molar-refractivity contribution in [1.82, 2.24) is 16.0 Å². The topological polar surface area (TPSA) is 257 Å². The Hall–Kier alpha value is -2.91. The summed E-state index contributed by atoms with van der Waals surface area (Å²) >= 11 is 1.41. The van der Waals surface area contributed by atoms with Gasteiger partial charge in [0.2, 0.25) is 23.6 Å². The molecule has 0 saturated carbocycles. The maximum Gasteiger partial charge on any atom is 0.326 e. The number of primary amides is 1. The maximum atomic E-state index is 12.9. The average Bonchev–Trinajstić information content (AvgIpc) is 2.77. The zero-order valence-electron chi connectivity index (χ0n) is 19.7. The molecule has 0 aromatic rings. The largest absolute Gasteiger partial charge is 0.481 e. The quantitative estimate of drug-likeness (QED) is 0.0824. The SMILES string of the molecule is CSCCC(NC(=O)C(N)CCCCN)C(=O)NC(CCC(=O)O)C(=O)NC(CC(N)=O)C(=O)O. The van der Waals surface area contributed by atoms with E-state index in [1.165, 1.54) is 11.8 Å². The molecule has 4 amide bonds. The highest BCUT2D eigenvalue weighted by atomic mass is 32.2. The van der Waals surface area contributed by atoms with Gasteiger partial charge in [-0.3, -0.25) is 24.0 Å². The number of carboxylic acids is 2. The first-order valence-electron chi connectivity index (χ1n) is 11.0. The lowest BCUT2D eigenvalue weighted by Crippen LogP contribution is -2.57. The Balaban J connectivity index is 5.48. The number of carbonyl (C=O) groups is 6. The van der Waals surface area contributed by atoms with Crippen LogP contribution in [-0.4, -0.2) is 88.5 Å². The van der Waals surface area contributed by atoms with E-state index < -0.39 is 72.6 Å². The van der Waals surface area contributed by atoms with Gasteiger partial charge in [0.25, 0.3) is 0 Å². The summed E-state index contributed by atoms with van der Waals surface area (Å²) in [6, 6.07) is -5.05. The molecule has 0 aromatic heterocycles. The highest BCUT2D eigenvalue weighted by Gasteiger charge is 2.31. The van der Waals surface area contributed by atoms with E-state index in [1.807, 2.05) is 0 Å². The maximum absolute atomic E-state index is 12.9. The monoisotopic (exact) mass is 520 g/mol. The molecule has 14 nitrogen and oxygen atoms in total. The number of aliphatic carboxylic acids is 2. The van der Waals surface area contributed by atoms with E-state index >= 15 is 0 Å². The standard InChI is InChI=1S/C20H36N6O8S/c1-35-9-7-13(24-17(30)11(22)4-2-3-8-21)19(32)25-12(5-6-16(28)29)18(31)26-14(20(33)34)10-15(23)27/h11-14H,2-10,21-22H2,1H3,(H2,23,27)(H,24,30)(H,25,32)(H,26,31)(H,28,29)(H,33,34). The van der Waals surface area contributed by atoms with E-state index in [1.54, 1.807) is 6.26 Å². The Morgan fingerprint density at radius 1 is 0.829 bits per heavy atom. The normalized spacial score (nSPS) is 14.1. The summed E-state index contributed by atoms with van der Waals surface area (Å²) in [6.45, 7) is 0.453. The van der Waals surface area contributed by atoms with Gasteiger partial charge in [0.05, 0.1) is 12.5 Å². The minimum atomic E-state index is -1.66. The number of carboxylic acid groups (broad SMARTS) is 2. The predicted molar refractivity (Wildman–Crippen MR) is 128 cm³/mol. The van der Waals surface area contributed by atoms with Crippen molar-refractivity contribution in [2.75, 3.05) is 18.6 Å². The summed E-state index contributed by atoms with van der Waals surface area (Å²) in [4.78, 5) is 71.4. The van der Waals surface area contributed by atoms with Crippen molar-refractivity contribution in [2.45, 2.75) is 69.1 Å². The fourth-order valence-corrected chi connectivity index (χ4v) is 3.38. The number of nitrogens with one attached hydrogen (secondary N) is 3. The van der Waals surface area contributed by atoms with Crippen molar-refractivity contribution in [3.8, 4) is 0 Å². The molecular weight excluding hydrogens is 484 g/mol. The van der Waals surface area contributed by atoms with Crippen molar-refractivity contribution < 1.29 is 39.0 Å². The van der Waals surface area contributed by atoms with E-state index in [0.717, 1.165) is 0 Å². The second-order valence-corrected chi connectivity index (χ2v) is 8.78. The molecule has 0 radical (unpaired) electrons. The minimum absolute atomic E-state index is 0.195. The Kier molecular flexibility index (Phi) is 16.1. The van der Waals surface area contributed by atoms with Gasteiger partial charge < -0.3 is 43.4 Å². The number of rotatable bonds is 19. The number of carbonyl (C=O) groups excluding carboxylic acids is 4. The highest BCUT2D eigenvalue weighted by Crippen LogP contribution is 2.06. The first kappa shape index (κ1) is 32.1. The molecule has 35 heavy (non-hydrogen) atoms. The third-order valence-electron chi connectivity index (χ3n) is 4.85. The van der Waals surface area contributed by atoms with E-state index in [-0.39, 0.29) is 12.8 Å². The van der Waals surface area contributed by atoms with Crippen LogP contribution in [0.15, 0.2) is 0 Å². The number of unbranched alkanes of at least 4 members (excludes halogenated alkanes) is 1. The lowest BCUT2D eigenvalue weighted by molar-refractivity contribution is -0.144. The van der Waals surface area contributed by atoms with Gasteiger partial charge in [-0.2, -0.15) is 11.8 Å². The van der Waals surface area contributed by atoms with E-state index in [4.69, 9.17) is 22.3 Å². The van der Waals surface area contributed by atoms with Crippen LogP contribution in [0.3, 0.4) is 0 Å². The predicted octanol–water partition coefficient (Wildman–Crippen LogP) is -2.52. The summed E-state index contributed by atoms with van der Waals surface area (Å²) in [5.41, 5.74) is 16.3. The van der Waals surface area contributed by atoms with Crippen molar-refractivity contribution >= 4 is 47.3 Å². The van der Waals surface area contributed by atoms with Crippen molar-refractivity contribution in [2.24, 2.45) is 17.2 Å². The van der Waals surface area contributed by atoms with Crippen LogP contribution in [0.4, 0.5) is 0 Å². The zero-order chi connectivity index (χ0) is 27.0. The molecule has 0 heterocycles. The van der Waals surface area contributed by atoms with Crippen molar-refractivity contribution in [3.63, 3.8) is 0 Å². The van der Waals surface area contributed by atoms with Crippen LogP contribution in [0, 0.1) is 0 Å². The van der Waals surface area contributed by atoms with Gasteiger partial charge in [-0.25, -0.2) is 4.79 Å². The highest BCUT2D eigenvalue weighted by molar-refractivity contribution is 7.98. The Morgan fingerprint density at radius 2 is 1.37 bits per heavy atom. The molecule has 0 fully saturated rings. The second-order valence-electron chi connectivity index (χ2n) is 7.80. The molecule has 4 unspecified atom stereocenters. The third-order valence-corrected chi connectivity index (χ3v) is 5.49. The zero-order valence-corrected chi connectivity index (χ0v) is 20.5. The number of nitrogens with two attached hydrogens (primary N) is 3. The van der Waals surface area contributed by atoms with Crippen molar-refractivity contribution in [3.05, 3.63) is 0 Å². The van der Waals surface area contributed by atoms with E-state index in [0.29, 0.717) is 31.6 Å². The lowest BCUT2D eigenvalue weighted by Gasteiger charge is -2.25. The molecule has 0 aromatic carbocycles. The van der Waals surface area contributed by atoms with Gasteiger partial charge in [0.1, 0.15) is 18.1 Å². The lowest BCUT2D eigenvalue weighted by atomic mass is 10.1. The minimum Gasteiger partial charge on any atom is -0.481 e. The van der Waals surface area contributed by atoms with Crippen LogP contribution in [0.1, 0.15) is 44.9 Å². The smallest absolute Gasteiger partial charge is 0.326 e. The third kappa shape index (κ3) is 14.2. The summed E-state index contributed by atoms with van der Waals surface area (Å²) in [5.74, 6) is -5.63. The molecule has 0 bridgehead atoms.